The second-order valence-corrected chi connectivity index (χ2v) is 5.61. The summed E-state index contributed by atoms with van der Waals surface area (Å²) in [4.78, 5) is 0. The average molecular weight is 258 g/mol. The zero-order chi connectivity index (χ0) is 13.1. The molecule has 3 unspecified atom stereocenters. The normalized spacial score (nSPS) is 26.3. The number of fused-ring (bicyclic) bond motifs is 1. The lowest BCUT2D eigenvalue weighted by molar-refractivity contribution is 0.0191. The fourth-order valence-electron chi connectivity index (χ4n) is 3.04. The molecule has 0 radical (unpaired) electrons. The van der Waals surface area contributed by atoms with Crippen molar-refractivity contribution in [3.63, 3.8) is 0 Å². The zero-order valence-electron chi connectivity index (χ0n) is 11.5. The van der Waals surface area contributed by atoms with Gasteiger partial charge < -0.3 is 9.47 Å². The van der Waals surface area contributed by atoms with Crippen molar-refractivity contribution in [2.24, 2.45) is 11.8 Å². The SMILES string of the molecule is CC(OCCOc1ccccc1)C1C=C2CCC2C1. The third-order valence-corrected chi connectivity index (χ3v) is 4.37. The van der Waals surface area contributed by atoms with Crippen LogP contribution in [0.1, 0.15) is 26.2 Å². The molecule has 0 amide bonds. The summed E-state index contributed by atoms with van der Waals surface area (Å²) in [5, 5.41) is 0. The molecule has 0 aliphatic heterocycles. The fourth-order valence-corrected chi connectivity index (χ4v) is 3.04. The molecule has 102 valence electrons. The Morgan fingerprint density at radius 3 is 2.68 bits per heavy atom. The maximum atomic E-state index is 5.90. The van der Waals surface area contributed by atoms with Crippen LogP contribution in [0.4, 0.5) is 0 Å². The van der Waals surface area contributed by atoms with Crippen molar-refractivity contribution in [2.75, 3.05) is 13.2 Å². The van der Waals surface area contributed by atoms with Crippen molar-refractivity contribution in [3.8, 4) is 5.75 Å². The van der Waals surface area contributed by atoms with Crippen LogP contribution < -0.4 is 4.74 Å². The lowest BCUT2D eigenvalue weighted by Crippen LogP contribution is -2.21. The number of ether oxygens (including phenoxy) is 2. The van der Waals surface area contributed by atoms with E-state index in [9.17, 15) is 0 Å². The Labute approximate surface area is 115 Å². The highest BCUT2D eigenvalue weighted by atomic mass is 16.5. The summed E-state index contributed by atoms with van der Waals surface area (Å²) in [7, 11) is 0. The van der Waals surface area contributed by atoms with Gasteiger partial charge in [-0.1, -0.05) is 29.8 Å². The zero-order valence-corrected chi connectivity index (χ0v) is 11.5. The molecule has 1 fully saturated rings. The van der Waals surface area contributed by atoms with Crippen LogP contribution in [0.2, 0.25) is 0 Å². The predicted molar refractivity (Wildman–Crippen MR) is 76.3 cm³/mol. The molecule has 0 saturated heterocycles. The second kappa shape index (κ2) is 5.79. The van der Waals surface area contributed by atoms with Gasteiger partial charge >= 0.3 is 0 Å². The summed E-state index contributed by atoms with van der Waals surface area (Å²) in [5.74, 6) is 2.43. The molecule has 2 aliphatic rings. The van der Waals surface area contributed by atoms with Gasteiger partial charge in [-0.25, -0.2) is 0 Å². The van der Waals surface area contributed by atoms with E-state index in [0.717, 1.165) is 11.7 Å². The number of rotatable bonds is 6. The van der Waals surface area contributed by atoms with Crippen LogP contribution in [0, 0.1) is 11.8 Å². The molecule has 2 heteroatoms. The first-order chi connectivity index (χ1) is 9.33. The average Bonchev–Trinajstić information content (AvgIpc) is 2.72. The van der Waals surface area contributed by atoms with E-state index in [1.54, 1.807) is 5.57 Å². The van der Waals surface area contributed by atoms with Gasteiger partial charge in [-0.05, 0) is 44.2 Å². The van der Waals surface area contributed by atoms with E-state index >= 15 is 0 Å². The monoisotopic (exact) mass is 258 g/mol. The summed E-state index contributed by atoms with van der Waals surface area (Å²) in [6, 6.07) is 9.91. The smallest absolute Gasteiger partial charge is 0.119 e. The van der Waals surface area contributed by atoms with Crippen molar-refractivity contribution in [2.45, 2.75) is 32.3 Å². The minimum absolute atomic E-state index is 0.317. The first-order valence-corrected chi connectivity index (χ1v) is 7.33. The number of benzene rings is 1. The van der Waals surface area contributed by atoms with E-state index in [4.69, 9.17) is 9.47 Å². The molecule has 0 bridgehead atoms. The van der Waals surface area contributed by atoms with Gasteiger partial charge in [0.2, 0.25) is 0 Å². The fraction of sp³-hybridized carbons (Fsp3) is 0.529. The summed E-state index contributed by atoms with van der Waals surface area (Å²) in [6.45, 7) is 3.48. The molecule has 1 aromatic carbocycles. The minimum Gasteiger partial charge on any atom is -0.491 e. The van der Waals surface area contributed by atoms with Crippen LogP contribution in [0.15, 0.2) is 42.0 Å². The molecule has 0 spiro atoms. The van der Waals surface area contributed by atoms with E-state index in [0.29, 0.717) is 25.2 Å². The second-order valence-electron chi connectivity index (χ2n) is 5.61. The number of hydrogen-bond donors (Lipinski definition) is 0. The van der Waals surface area contributed by atoms with Crippen molar-refractivity contribution in [3.05, 3.63) is 42.0 Å². The van der Waals surface area contributed by atoms with E-state index in [-0.39, 0.29) is 0 Å². The van der Waals surface area contributed by atoms with Crippen molar-refractivity contribution >= 4 is 0 Å². The Morgan fingerprint density at radius 1 is 1.21 bits per heavy atom. The Bertz CT molecular complexity index is 438. The third-order valence-electron chi connectivity index (χ3n) is 4.37. The van der Waals surface area contributed by atoms with E-state index < -0.39 is 0 Å². The molecule has 0 heterocycles. The summed E-state index contributed by atoms with van der Waals surface area (Å²) >= 11 is 0. The molecule has 1 saturated carbocycles. The maximum absolute atomic E-state index is 5.90. The highest BCUT2D eigenvalue weighted by Gasteiger charge is 2.34. The van der Waals surface area contributed by atoms with Crippen LogP contribution >= 0.6 is 0 Å². The minimum atomic E-state index is 0.317. The largest absolute Gasteiger partial charge is 0.491 e. The van der Waals surface area contributed by atoms with Crippen molar-refractivity contribution in [1.82, 2.24) is 0 Å². The van der Waals surface area contributed by atoms with Crippen LogP contribution in [0.25, 0.3) is 0 Å². The third kappa shape index (κ3) is 3.01. The Balaban J connectivity index is 1.36. The maximum Gasteiger partial charge on any atom is 0.119 e. The van der Waals surface area contributed by atoms with Gasteiger partial charge in [-0.3, -0.25) is 0 Å². The van der Waals surface area contributed by atoms with Crippen molar-refractivity contribution < 1.29 is 9.47 Å². The number of para-hydroxylation sites is 1. The topological polar surface area (TPSA) is 18.5 Å². The molecule has 19 heavy (non-hydrogen) atoms. The van der Waals surface area contributed by atoms with E-state index in [1.165, 1.54) is 19.3 Å². The molecule has 3 rings (SSSR count). The quantitative estimate of drug-likeness (QED) is 0.570. The van der Waals surface area contributed by atoms with Gasteiger partial charge in [0.05, 0.1) is 12.7 Å². The van der Waals surface area contributed by atoms with Gasteiger partial charge in [-0.2, -0.15) is 0 Å². The van der Waals surface area contributed by atoms with Crippen LogP contribution in [0.3, 0.4) is 0 Å². The number of allylic oxidation sites excluding steroid dienone is 1. The van der Waals surface area contributed by atoms with Crippen LogP contribution in [-0.4, -0.2) is 19.3 Å². The first-order valence-electron chi connectivity index (χ1n) is 7.33. The summed E-state index contributed by atoms with van der Waals surface area (Å²) < 4.78 is 11.5. The summed E-state index contributed by atoms with van der Waals surface area (Å²) in [5.41, 5.74) is 1.68. The Morgan fingerprint density at radius 2 is 2.05 bits per heavy atom. The summed E-state index contributed by atoms with van der Waals surface area (Å²) in [6.07, 6.45) is 6.79. The molecule has 1 aromatic rings. The standard InChI is InChI=1S/C17H22O2/c1-13(16-11-14-7-8-15(14)12-16)18-9-10-19-17-5-3-2-4-6-17/h2-6,11,13,15-16H,7-10,12H2,1H3. The molecule has 0 aromatic heterocycles. The first kappa shape index (κ1) is 12.7. The Hall–Kier alpha value is -1.28. The molecule has 2 aliphatic carbocycles. The van der Waals surface area contributed by atoms with Crippen LogP contribution in [-0.2, 0) is 4.74 Å². The van der Waals surface area contributed by atoms with Crippen molar-refractivity contribution in [1.29, 1.82) is 0 Å². The lowest BCUT2D eigenvalue weighted by atomic mass is 9.81. The molecular weight excluding hydrogens is 236 g/mol. The molecule has 2 nitrogen and oxygen atoms in total. The van der Waals surface area contributed by atoms with E-state index in [1.807, 2.05) is 30.3 Å². The highest BCUT2D eigenvalue weighted by molar-refractivity contribution is 5.23. The van der Waals surface area contributed by atoms with Gasteiger partial charge in [0.25, 0.3) is 0 Å². The predicted octanol–water partition coefficient (Wildman–Crippen LogP) is 3.83. The van der Waals surface area contributed by atoms with E-state index in [2.05, 4.69) is 13.0 Å². The van der Waals surface area contributed by atoms with Gasteiger partial charge in [0.15, 0.2) is 0 Å². The van der Waals surface area contributed by atoms with Gasteiger partial charge in [0, 0.05) is 5.92 Å². The van der Waals surface area contributed by atoms with Crippen LogP contribution in [0.5, 0.6) is 5.75 Å². The highest BCUT2D eigenvalue weighted by Crippen LogP contribution is 2.45. The van der Waals surface area contributed by atoms with Gasteiger partial charge in [-0.15, -0.1) is 0 Å². The van der Waals surface area contributed by atoms with Gasteiger partial charge in [0.1, 0.15) is 12.4 Å². The molecule has 0 N–H and O–H groups in total. The molecule has 3 atom stereocenters. The Kier molecular flexibility index (Phi) is 3.88. The number of hydrogen-bond acceptors (Lipinski definition) is 2. The molecular formula is C17H22O2. The lowest BCUT2D eigenvalue weighted by Gasteiger charge is -2.25.